The molecule has 2 aliphatic carbocycles. The third-order valence-corrected chi connectivity index (χ3v) is 6.64. The lowest BCUT2D eigenvalue weighted by Gasteiger charge is -2.43. The number of aliphatic carboxylic acids is 1. The van der Waals surface area contributed by atoms with Gasteiger partial charge in [-0.3, -0.25) is 14.4 Å². The monoisotopic (exact) mass is 432 g/mol. The number of hydrogen-bond acceptors (Lipinski definition) is 7. The van der Waals surface area contributed by atoms with Crippen molar-refractivity contribution in [3.05, 3.63) is 34.9 Å². The molecule has 1 saturated carbocycles. The summed E-state index contributed by atoms with van der Waals surface area (Å²) in [6.07, 6.45) is -1.32. The number of esters is 2. The standard InChI is InChI=1S/C23H28O8/c1-11-12(2)23(22(26)27)19(15-7-16(28-5)9-17(8-15)29-6)10-18(20(11)30-13(3)24)21(23)31-14(4)25/h7-9,18-21H,10H2,1-6H3,(H,26,27). The number of fused-ring (bicyclic) bond motifs is 2. The van der Waals surface area contributed by atoms with Crippen LogP contribution in [0.25, 0.3) is 0 Å². The first-order chi connectivity index (χ1) is 14.6. The van der Waals surface area contributed by atoms with Crippen molar-refractivity contribution in [3.8, 4) is 11.5 Å². The van der Waals surface area contributed by atoms with E-state index in [4.69, 9.17) is 18.9 Å². The van der Waals surface area contributed by atoms with Crippen molar-refractivity contribution in [2.45, 2.75) is 52.2 Å². The van der Waals surface area contributed by atoms with Crippen molar-refractivity contribution in [2.75, 3.05) is 14.2 Å². The van der Waals surface area contributed by atoms with E-state index in [1.165, 1.54) is 28.1 Å². The van der Waals surface area contributed by atoms with E-state index in [-0.39, 0.29) is 0 Å². The van der Waals surface area contributed by atoms with Gasteiger partial charge in [-0.15, -0.1) is 0 Å². The summed E-state index contributed by atoms with van der Waals surface area (Å²) in [7, 11) is 3.04. The molecule has 1 fully saturated rings. The van der Waals surface area contributed by atoms with Crippen LogP contribution >= 0.6 is 0 Å². The van der Waals surface area contributed by atoms with E-state index in [9.17, 15) is 19.5 Å². The van der Waals surface area contributed by atoms with Gasteiger partial charge in [-0.05, 0) is 49.1 Å². The zero-order valence-corrected chi connectivity index (χ0v) is 18.6. The summed E-state index contributed by atoms with van der Waals surface area (Å²) in [6, 6.07) is 5.25. The molecule has 0 aromatic heterocycles. The Hall–Kier alpha value is -3.03. The number of benzene rings is 1. The summed E-state index contributed by atoms with van der Waals surface area (Å²) >= 11 is 0. The molecule has 0 saturated heterocycles. The molecular weight excluding hydrogens is 404 g/mol. The van der Waals surface area contributed by atoms with Crippen molar-refractivity contribution in [1.82, 2.24) is 0 Å². The molecule has 8 heteroatoms. The quantitative estimate of drug-likeness (QED) is 0.540. The Kier molecular flexibility index (Phi) is 6.02. The van der Waals surface area contributed by atoms with E-state index in [1.54, 1.807) is 32.0 Å². The first kappa shape index (κ1) is 22.7. The fourth-order valence-corrected chi connectivity index (χ4v) is 5.31. The second-order valence-corrected chi connectivity index (χ2v) is 8.14. The van der Waals surface area contributed by atoms with Crippen LogP contribution in [-0.4, -0.2) is 49.4 Å². The molecule has 2 aliphatic rings. The number of rotatable bonds is 6. The van der Waals surface area contributed by atoms with E-state index in [2.05, 4.69) is 0 Å². The number of carbonyl (C=O) groups is 3. The molecule has 8 nitrogen and oxygen atoms in total. The first-order valence-electron chi connectivity index (χ1n) is 10.1. The topological polar surface area (TPSA) is 108 Å². The summed E-state index contributed by atoms with van der Waals surface area (Å²) in [5.41, 5.74) is 0.379. The van der Waals surface area contributed by atoms with Crippen LogP contribution in [0.15, 0.2) is 29.3 Å². The van der Waals surface area contributed by atoms with E-state index in [1.807, 2.05) is 0 Å². The maximum atomic E-state index is 12.9. The second-order valence-electron chi connectivity index (χ2n) is 8.14. The lowest BCUT2D eigenvalue weighted by Crippen LogP contribution is -2.53. The predicted molar refractivity (Wildman–Crippen MR) is 110 cm³/mol. The molecule has 5 atom stereocenters. The summed E-state index contributed by atoms with van der Waals surface area (Å²) < 4.78 is 22.0. The fourth-order valence-electron chi connectivity index (χ4n) is 5.31. The molecule has 0 radical (unpaired) electrons. The van der Waals surface area contributed by atoms with Gasteiger partial charge in [0.05, 0.1) is 14.2 Å². The van der Waals surface area contributed by atoms with Crippen LogP contribution in [0, 0.1) is 11.3 Å². The van der Waals surface area contributed by atoms with Crippen LogP contribution in [0.4, 0.5) is 0 Å². The molecule has 0 spiro atoms. The molecule has 3 rings (SSSR count). The van der Waals surface area contributed by atoms with Crippen molar-refractivity contribution >= 4 is 17.9 Å². The smallest absolute Gasteiger partial charge is 0.318 e. The van der Waals surface area contributed by atoms with Crippen LogP contribution in [0.1, 0.15) is 45.6 Å². The molecule has 31 heavy (non-hydrogen) atoms. The molecule has 168 valence electrons. The largest absolute Gasteiger partial charge is 0.497 e. The van der Waals surface area contributed by atoms with Gasteiger partial charge < -0.3 is 24.1 Å². The Morgan fingerprint density at radius 3 is 1.97 bits per heavy atom. The third kappa shape index (κ3) is 3.54. The van der Waals surface area contributed by atoms with Crippen LogP contribution in [-0.2, 0) is 23.9 Å². The van der Waals surface area contributed by atoms with Gasteiger partial charge in [0.2, 0.25) is 0 Å². The molecule has 1 aromatic rings. The summed E-state index contributed by atoms with van der Waals surface area (Å²) in [4.78, 5) is 36.7. The Labute approximate surface area is 181 Å². The number of methoxy groups -OCH3 is 2. The molecular formula is C23H28O8. The summed E-state index contributed by atoms with van der Waals surface area (Å²) in [6.45, 7) is 6.04. The Balaban J connectivity index is 2.27. The van der Waals surface area contributed by atoms with Gasteiger partial charge in [-0.25, -0.2) is 0 Å². The lowest BCUT2D eigenvalue weighted by atomic mass is 9.64. The Morgan fingerprint density at radius 1 is 0.968 bits per heavy atom. The highest BCUT2D eigenvalue weighted by atomic mass is 16.6. The average Bonchev–Trinajstić information content (AvgIpc) is 3.00. The zero-order chi connectivity index (χ0) is 23.1. The van der Waals surface area contributed by atoms with E-state index < -0.39 is 47.4 Å². The normalized spacial score (nSPS) is 29.4. The first-order valence-corrected chi connectivity index (χ1v) is 10.1. The van der Waals surface area contributed by atoms with Crippen LogP contribution in [0.2, 0.25) is 0 Å². The van der Waals surface area contributed by atoms with Gasteiger partial charge in [-0.1, -0.05) is 0 Å². The van der Waals surface area contributed by atoms with Crippen molar-refractivity contribution in [3.63, 3.8) is 0 Å². The van der Waals surface area contributed by atoms with E-state index >= 15 is 0 Å². The predicted octanol–water partition coefficient (Wildman–Crippen LogP) is 3.09. The zero-order valence-electron chi connectivity index (χ0n) is 18.6. The third-order valence-electron chi connectivity index (χ3n) is 6.64. The highest BCUT2D eigenvalue weighted by Crippen LogP contribution is 2.63. The Bertz CT molecular complexity index is 927. The summed E-state index contributed by atoms with van der Waals surface area (Å²) in [5.74, 6) is -2.17. The van der Waals surface area contributed by atoms with E-state index in [0.29, 0.717) is 34.6 Å². The average molecular weight is 432 g/mol. The highest BCUT2D eigenvalue weighted by Gasteiger charge is 2.68. The van der Waals surface area contributed by atoms with Gasteiger partial charge in [0, 0.05) is 31.7 Å². The van der Waals surface area contributed by atoms with Crippen LogP contribution < -0.4 is 9.47 Å². The van der Waals surface area contributed by atoms with Crippen molar-refractivity contribution < 1.29 is 38.4 Å². The Morgan fingerprint density at radius 2 is 1.52 bits per heavy atom. The SMILES string of the molecule is COc1cc(OC)cc(C2CC3C(OC(C)=O)C(C)=C(C)C2(C(=O)O)C3OC(C)=O)c1. The van der Waals surface area contributed by atoms with Gasteiger partial charge >= 0.3 is 17.9 Å². The number of carboxylic acids is 1. The second kappa shape index (κ2) is 8.24. The minimum Gasteiger partial charge on any atom is -0.497 e. The summed E-state index contributed by atoms with van der Waals surface area (Å²) in [5, 5.41) is 10.5. The molecule has 1 aromatic carbocycles. The number of carbonyl (C=O) groups excluding carboxylic acids is 2. The minimum atomic E-state index is -1.51. The molecule has 0 heterocycles. The maximum absolute atomic E-state index is 12.9. The molecule has 5 unspecified atom stereocenters. The van der Waals surface area contributed by atoms with Crippen LogP contribution in [0.5, 0.6) is 11.5 Å². The fraction of sp³-hybridized carbons (Fsp3) is 0.522. The van der Waals surface area contributed by atoms with Crippen molar-refractivity contribution in [1.29, 1.82) is 0 Å². The van der Waals surface area contributed by atoms with Crippen molar-refractivity contribution in [2.24, 2.45) is 11.3 Å². The number of hydrogen-bond donors (Lipinski definition) is 1. The highest BCUT2D eigenvalue weighted by molar-refractivity contribution is 5.84. The molecule has 1 N–H and O–H groups in total. The van der Waals surface area contributed by atoms with Gasteiger partial charge in [0.15, 0.2) is 0 Å². The van der Waals surface area contributed by atoms with E-state index in [0.717, 1.165) is 0 Å². The van der Waals surface area contributed by atoms with Crippen LogP contribution in [0.3, 0.4) is 0 Å². The van der Waals surface area contributed by atoms with Gasteiger partial charge in [-0.2, -0.15) is 0 Å². The molecule has 0 amide bonds. The molecule has 0 aliphatic heterocycles. The lowest BCUT2D eigenvalue weighted by molar-refractivity contribution is -0.171. The molecule has 2 bridgehead atoms. The minimum absolute atomic E-state index is 0.340. The van der Waals surface area contributed by atoms with Gasteiger partial charge in [0.25, 0.3) is 0 Å². The number of carboxylic acid groups (broad SMARTS) is 1. The number of ether oxygens (including phenoxy) is 4. The maximum Gasteiger partial charge on any atom is 0.318 e. The van der Waals surface area contributed by atoms with Gasteiger partial charge in [0.1, 0.15) is 29.1 Å².